The fraction of sp³-hybridized carbons (Fsp3) is 0.200. The van der Waals surface area contributed by atoms with Crippen LogP contribution in [0.25, 0.3) is 0 Å². The van der Waals surface area contributed by atoms with Gasteiger partial charge in [-0.15, -0.1) is 0 Å². The van der Waals surface area contributed by atoms with Crippen molar-refractivity contribution in [2.45, 2.75) is 4.90 Å². The SMILES string of the molecule is N#CCN(CC#N)S(=O)(=O)c1cc(Cl)ccc1N. The number of hydrogen-bond acceptors (Lipinski definition) is 5. The van der Waals surface area contributed by atoms with Crippen molar-refractivity contribution in [2.24, 2.45) is 0 Å². The molecule has 1 aromatic rings. The van der Waals surface area contributed by atoms with E-state index in [0.717, 1.165) is 4.31 Å². The third kappa shape index (κ3) is 2.90. The molecule has 8 heteroatoms. The van der Waals surface area contributed by atoms with Crippen molar-refractivity contribution < 1.29 is 8.42 Å². The van der Waals surface area contributed by atoms with Gasteiger partial charge in [-0.1, -0.05) is 11.6 Å². The van der Waals surface area contributed by atoms with E-state index in [1.807, 2.05) is 0 Å². The molecule has 1 rings (SSSR count). The largest absolute Gasteiger partial charge is 0.398 e. The van der Waals surface area contributed by atoms with Gasteiger partial charge in [0.25, 0.3) is 0 Å². The first-order valence-electron chi connectivity index (χ1n) is 4.72. The standard InChI is InChI=1S/C10H9ClN4O2S/c11-8-1-2-9(14)10(7-8)18(16,17)15(5-3-12)6-4-13/h1-2,7H,5-6,14H2. The summed E-state index contributed by atoms with van der Waals surface area (Å²) in [4.78, 5) is -0.208. The van der Waals surface area contributed by atoms with Crippen LogP contribution in [-0.2, 0) is 10.0 Å². The number of nitrogens with zero attached hydrogens (tertiary/aromatic N) is 3. The van der Waals surface area contributed by atoms with Crippen LogP contribution in [0, 0.1) is 22.7 Å². The fourth-order valence-corrected chi connectivity index (χ4v) is 2.87. The first kappa shape index (κ1) is 14.3. The molecular weight excluding hydrogens is 276 g/mol. The predicted molar refractivity (Wildman–Crippen MR) is 65.8 cm³/mol. The maximum absolute atomic E-state index is 12.2. The summed E-state index contributed by atoms with van der Waals surface area (Å²) in [6, 6.07) is 7.36. The summed E-state index contributed by atoms with van der Waals surface area (Å²) in [6.07, 6.45) is 0. The van der Waals surface area contributed by atoms with Gasteiger partial charge in [0.05, 0.1) is 17.8 Å². The van der Waals surface area contributed by atoms with Crippen LogP contribution in [0.4, 0.5) is 5.69 Å². The number of benzene rings is 1. The van der Waals surface area contributed by atoms with Gasteiger partial charge in [0.1, 0.15) is 18.0 Å². The highest BCUT2D eigenvalue weighted by Gasteiger charge is 2.26. The van der Waals surface area contributed by atoms with Crippen molar-refractivity contribution in [3.63, 3.8) is 0 Å². The normalized spacial score (nSPS) is 10.9. The molecule has 0 heterocycles. The van der Waals surface area contributed by atoms with Gasteiger partial charge in [0.2, 0.25) is 10.0 Å². The Hall–Kier alpha value is -1.80. The van der Waals surface area contributed by atoms with Crippen molar-refractivity contribution in [1.29, 1.82) is 10.5 Å². The Morgan fingerprint density at radius 2 is 1.83 bits per heavy atom. The second kappa shape index (κ2) is 5.69. The lowest BCUT2D eigenvalue weighted by molar-refractivity contribution is 0.480. The lowest BCUT2D eigenvalue weighted by Crippen LogP contribution is -2.32. The third-order valence-electron chi connectivity index (χ3n) is 2.09. The molecule has 18 heavy (non-hydrogen) atoms. The van der Waals surface area contributed by atoms with E-state index in [0.29, 0.717) is 0 Å². The highest BCUT2D eigenvalue weighted by molar-refractivity contribution is 7.89. The van der Waals surface area contributed by atoms with Gasteiger partial charge in [-0.05, 0) is 18.2 Å². The number of hydrogen-bond donors (Lipinski definition) is 1. The molecule has 0 aliphatic carbocycles. The summed E-state index contributed by atoms with van der Waals surface area (Å²) in [5.41, 5.74) is 5.59. The maximum Gasteiger partial charge on any atom is 0.247 e. The summed E-state index contributed by atoms with van der Waals surface area (Å²) in [6.45, 7) is -0.857. The van der Waals surface area contributed by atoms with Gasteiger partial charge in [0, 0.05) is 5.02 Å². The van der Waals surface area contributed by atoms with E-state index in [1.165, 1.54) is 18.2 Å². The van der Waals surface area contributed by atoms with Gasteiger partial charge in [0.15, 0.2) is 0 Å². The van der Waals surface area contributed by atoms with Crippen molar-refractivity contribution in [2.75, 3.05) is 18.8 Å². The molecule has 2 N–H and O–H groups in total. The maximum atomic E-state index is 12.2. The molecule has 6 nitrogen and oxygen atoms in total. The monoisotopic (exact) mass is 284 g/mol. The van der Waals surface area contributed by atoms with E-state index in [4.69, 9.17) is 27.9 Å². The second-order valence-corrected chi connectivity index (χ2v) is 5.61. The summed E-state index contributed by atoms with van der Waals surface area (Å²) in [7, 11) is -4.00. The molecule has 1 aromatic carbocycles. The van der Waals surface area contributed by atoms with E-state index in [2.05, 4.69) is 0 Å². The molecule has 0 spiro atoms. The van der Waals surface area contributed by atoms with Crippen molar-refractivity contribution in [1.82, 2.24) is 4.31 Å². The van der Waals surface area contributed by atoms with Crippen LogP contribution in [0.1, 0.15) is 0 Å². The molecule has 0 atom stereocenters. The number of nitrogens with two attached hydrogens (primary N) is 1. The minimum absolute atomic E-state index is 0.0141. The zero-order valence-corrected chi connectivity index (χ0v) is 10.7. The van der Waals surface area contributed by atoms with Crippen LogP contribution in [-0.4, -0.2) is 25.8 Å². The molecule has 0 amide bonds. The minimum atomic E-state index is -4.00. The van der Waals surface area contributed by atoms with Crippen molar-refractivity contribution in [3.05, 3.63) is 23.2 Å². The second-order valence-electron chi connectivity index (χ2n) is 3.27. The van der Waals surface area contributed by atoms with Crippen LogP contribution in [0.3, 0.4) is 0 Å². The van der Waals surface area contributed by atoms with E-state index < -0.39 is 23.1 Å². The third-order valence-corrected chi connectivity index (χ3v) is 4.17. The summed E-state index contributed by atoms with van der Waals surface area (Å²) in [5.74, 6) is 0. The van der Waals surface area contributed by atoms with Crippen LogP contribution in [0.15, 0.2) is 23.1 Å². The highest BCUT2D eigenvalue weighted by Crippen LogP contribution is 2.25. The molecule has 0 aliphatic heterocycles. The van der Waals surface area contributed by atoms with Gasteiger partial charge in [-0.3, -0.25) is 0 Å². The van der Waals surface area contributed by atoms with Crippen LogP contribution >= 0.6 is 11.6 Å². The van der Waals surface area contributed by atoms with E-state index in [-0.39, 0.29) is 15.6 Å². The first-order chi connectivity index (χ1) is 8.43. The predicted octanol–water partition coefficient (Wildman–Crippen LogP) is 0.960. The van der Waals surface area contributed by atoms with E-state index >= 15 is 0 Å². The molecule has 0 saturated heterocycles. The zero-order valence-electron chi connectivity index (χ0n) is 9.17. The van der Waals surface area contributed by atoms with E-state index in [1.54, 1.807) is 12.1 Å². The summed E-state index contributed by atoms with van der Waals surface area (Å²) in [5, 5.41) is 17.4. The number of nitriles is 2. The topological polar surface area (TPSA) is 111 Å². The molecule has 0 aromatic heterocycles. The average molecular weight is 285 g/mol. The number of sulfonamides is 1. The molecule has 0 radical (unpaired) electrons. The van der Waals surface area contributed by atoms with Crippen LogP contribution < -0.4 is 5.73 Å². The van der Waals surface area contributed by atoms with Crippen LogP contribution in [0.5, 0.6) is 0 Å². The lowest BCUT2D eigenvalue weighted by Gasteiger charge is -2.17. The Morgan fingerprint density at radius 3 is 2.33 bits per heavy atom. The lowest BCUT2D eigenvalue weighted by atomic mass is 10.3. The number of nitrogen functional groups attached to an aromatic ring is 1. The summed E-state index contributed by atoms with van der Waals surface area (Å²) < 4.78 is 25.1. The number of rotatable bonds is 4. The molecule has 0 aliphatic rings. The molecule has 0 bridgehead atoms. The smallest absolute Gasteiger partial charge is 0.247 e. The molecule has 94 valence electrons. The van der Waals surface area contributed by atoms with Crippen LogP contribution in [0.2, 0.25) is 5.02 Å². The Kier molecular flexibility index (Phi) is 4.51. The van der Waals surface area contributed by atoms with Gasteiger partial charge in [-0.25, -0.2) is 8.42 Å². The van der Waals surface area contributed by atoms with Crippen molar-refractivity contribution >= 4 is 27.3 Å². The van der Waals surface area contributed by atoms with Gasteiger partial charge < -0.3 is 5.73 Å². The minimum Gasteiger partial charge on any atom is -0.398 e. The Labute approximate surface area is 110 Å². The molecular formula is C10H9ClN4O2S. The number of anilines is 1. The number of halogens is 1. The molecule has 0 unspecified atom stereocenters. The van der Waals surface area contributed by atoms with E-state index in [9.17, 15) is 8.42 Å². The Balaban J connectivity index is 3.32. The Bertz CT molecular complexity index is 614. The van der Waals surface area contributed by atoms with Crippen molar-refractivity contribution in [3.8, 4) is 12.1 Å². The summed E-state index contributed by atoms with van der Waals surface area (Å²) >= 11 is 5.71. The first-order valence-corrected chi connectivity index (χ1v) is 6.54. The zero-order chi connectivity index (χ0) is 13.8. The fourth-order valence-electron chi connectivity index (χ4n) is 1.25. The average Bonchev–Trinajstić information content (AvgIpc) is 2.32. The molecule has 0 saturated carbocycles. The highest BCUT2D eigenvalue weighted by atomic mass is 35.5. The Morgan fingerprint density at radius 1 is 1.28 bits per heavy atom. The quantitative estimate of drug-likeness (QED) is 0.654. The molecule has 0 fully saturated rings. The van der Waals surface area contributed by atoms with Gasteiger partial charge >= 0.3 is 0 Å². The van der Waals surface area contributed by atoms with Gasteiger partial charge in [-0.2, -0.15) is 14.8 Å².